The molecule has 0 radical (unpaired) electrons. The maximum absolute atomic E-state index is 5.38. The van der Waals surface area contributed by atoms with Crippen LogP contribution in [0.2, 0.25) is 0 Å². The zero-order valence-corrected chi connectivity index (χ0v) is 7.81. The van der Waals surface area contributed by atoms with Crippen molar-refractivity contribution in [2.24, 2.45) is 5.84 Å². The third-order valence-corrected chi connectivity index (χ3v) is 2.61. The van der Waals surface area contributed by atoms with E-state index < -0.39 is 0 Å². The zero-order valence-electron chi connectivity index (χ0n) is 6.99. The second-order valence-corrected chi connectivity index (χ2v) is 3.70. The van der Waals surface area contributed by atoms with Gasteiger partial charge in [-0.3, -0.25) is 11.3 Å². The molecule has 1 aromatic rings. The lowest BCUT2D eigenvalue weighted by atomic mass is 10.1. The van der Waals surface area contributed by atoms with Gasteiger partial charge < -0.3 is 0 Å². The summed E-state index contributed by atoms with van der Waals surface area (Å²) < 4.78 is 0. The first-order valence-electron chi connectivity index (χ1n) is 3.96. The van der Waals surface area contributed by atoms with Gasteiger partial charge in [-0.1, -0.05) is 12.1 Å². The summed E-state index contributed by atoms with van der Waals surface area (Å²) >= 11 is 1.76. The van der Waals surface area contributed by atoms with Crippen molar-refractivity contribution in [2.45, 2.75) is 18.9 Å². The fraction of sp³-hybridized carbons (Fsp3) is 0.333. The highest BCUT2D eigenvalue weighted by Gasteiger charge is 2.05. The van der Waals surface area contributed by atoms with Crippen LogP contribution >= 0.6 is 11.3 Å². The molecule has 1 heterocycles. The highest BCUT2D eigenvalue weighted by Crippen LogP contribution is 2.12. The van der Waals surface area contributed by atoms with Crippen molar-refractivity contribution in [3.63, 3.8) is 0 Å². The molecule has 0 bridgehead atoms. The number of hydrogen-bond acceptors (Lipinski definition) is 3. The molecule has 3 heteroatoms. The number of rotatable bonds is 5. The van der Waals surface area contributed by atoms with Crippen molar-refractivity contribution in [1.82, 2.24) is 5.43 Å². The molecule has 0 spiro atoms. The zero-order chi connectivity index (χ0) is 8.81. The molecule has 1 aromatic heterocycles. The predicted molar refractivity (Wildman–Crippen MR) is 53.9 cm³/mol. The van der Waals surface area contributed by atoms with Crippen LogP contribution < -0.4 is 11.3 Å². The minimum absolute atomic E-state index is 0.321. The maximum Gasteiger partial charge on any atom is 0.0293 e. The lowest BCUT2D eigenvalue weighted by Gasteiger charge is -2.11. The van der Waals surface area contributed by atoms with Crippen LogP contribution in [0.1, 0.15) is 11.3 Å². The van der Waals surface area contributed by atoms with Gasteiger partial charge in [-0.2, -0.15) is 0 Å². The Hall–Kier alpha value is -0.640. The molecular weight excluding hydrogens is 168 g/mol. The van der Waals surface area contributed by atoms with E-state index >= 15 is 0 Å². The smallest absolute Gasteiger partial charge is 0.0293 e. The van der Waals surface area contributed by atoms with Crippen molar-refractivity contribution < 1.29 is 0 Å². The maximum atomic E-state index is 5.38. The number of nitrogens with one attached hydrogen (secondary N) is 1. The van der Waals surface area contributed by atoms with Gasteiger partial charge in [0.05, 0.1) is 0 Å². The van der Waals surface area contributed by atoms with Gasteiger partial charge in [0.25, 0.3) is 0 Å². The molecular formula is C9H14N2S. The van der Waals surface area contributed by atoms with Crippen LogP contribution in [0.3, 0.4) is 0 Å². The fourth-order valence-corrected chi connectivity index (χ4v) is 1.87. The average molecular weight is 182 g/mol. The summed E-state index contributed by atoms with van der Waals surface area (Å²) in [7, 11) is 0. The van der Waals surface area contributed by atoms with Gasteiger partial charge in [-0.25, -0.2) is 0 Å². The summed E-state index contributed by atoms with van der Waals surface area (Å²) in [5.74, 6) is 5.38. The SMILES string of the molecule is C=CCC(Cc1cccs1)NN. The Morgan fingerprint density at radius 2 is 2.58 bits per heavy atom. The second kappa shape index (κ2) is 5.09. The van der Waals surface area contributed by atoms with Crippen molar-refractivity contribution in [2.75, 3.05) is 0 Å². The van der Waals surface area contributed by atoms with Crippen LogP contribution in [0.5, 0.6) is 0 Å². The third-order valence-electron chi connectivity index (χ3n) is 1.71. The highest BCUT2D eigenvalue weighted by atomic mass is 32.1. The van der Waals surface area contributed by atoms with E-state index in [9.17, 15) is 0 Å². The van der Waals surface area contributed by atoms with Crippen LogP contribution in [0.4, 0.5) is 0 Å². The van der Waals surface area contributed by atoms with Gasteiger partial charge in [0.15, 0.2) is 0 Å². The van der Waals surface area contributed by atoms with E-state index in [4.69, 9.17) is 5.84 Å². The van der Waals surface area contributed by atoms with Gasteiger partial charge in [-0.15, -0.1) is 17.9 Å². The molecule has 0 aliphatic heterocycles. The molecule has 0 saturated heterocycles. The van der Waals surface area contributed by atoms with Crippen LogP contribution in [0.15, 0.2) is 30.2 Å². The first-order valence-corrected chi connectivity index (χ1v) is 4.84. The van der Waals surface area contributed by atoms with E-state index in [2.05, 4.69) is 29.5 Å². The molecule has 0 amide bonds. The van der Waals surface area contributed by atoms with E-state index in [1.807, 2.05) is 6.08 Å². The van der Waals surface area contributed by atoms with Crippen LogP contribution in [0.25, 0.3) is 0 Å². The molecule has 1 rings (SSSR count). The topological polar surface area (TPSA) is 38.0 Å². The van der Waals surface area contributed by atoms with Crippen molar-refractivity contribution >= 4 is 11.3 Å². The molecule has 66 valence electrons. The van der Waals surface area contributed by atoms with Gasteiger partial charge >= 0.3 is 0 Å². The predicted octanol–water partition coefficient (Wildman–Crippen LogP) is 1.70. The van der Waals surface area contributed by atoms with E-state index in [1.165, 1.54) is 4.88 Å². The Morgan fingerprint density at radius 3 is 3.08 bits per heavy atom. The highest BCUT2D eigenvalue weighted by molar-refractivity contribution is 7.09. The first kappa shape index (κ1) is 9.45. The summed E-state index contributed by atoms with van der Waals surface area (Å²) in [5, 5.41) is 2.08. The second-order valence-electron chi connectivity index (χ2n) is 2.67. The normalized spacial score (nSPS) is 12.8. The van der Waals surface area contributed by atoms with Crippen LogP contribution in [0, 0.1) is 0 Å². The molecule has 0 aliphatic carbocycles. The molecule has 0 fully saturated rings. The Bertz CT molecular complexity index is 218. The molecule has 0 aromatic carbocycles. The third kappa shape index (κ3) is 2.77. The Kier molecular flexibility index (Phi) is 4.00. The number of hydrogen-bond donors (Lipinski definition) is 2. The summed E-state index contributed by atoms with van der Waals surface area (Å²) in [5.41, 5.74) is 2.78. The lowest BCUT2D eigenvalue weighted by Crippen LogP contribution is -2.36. The largest absolute Gasteiger partial charge is 0.271 e. The van der Waals surface area contributed by atoms with Gasteiger partial charge in [0, 0.05) is 10.9 Å². The summed E-state index contributed by atoms with van der Waals surface area (Å²) in [4.78, 5) is 1.36. The van der Waals surface area contributed by atoms with Crippen molar-refractivity contribution in [3.8, 4) is 0 Å². The Morgan fingerprint density at radius 1 is 1.75 bits per heavy atom. The molecule has 0 aliphatic rings. The molecule has 1 atom stereocenters. The van der Waals surface area contributed by atoms with E-state index in [0.29, 0.717) is 6.04 Å². The van der Waals surface area contributed by atoms with E-state index in [0.717, 1.165) is 12.8 Å². The summed E-state index contributed by atoms with van der Waals surface area (Å²) in [6, 6.07) is 4.50. The first-order chi connectivity index (χ1) is 5.86. The van der Waals surface area contributed by atoms with Gasteiger partial charge in [-0.05, 0) is 24.3 Å². The Labute approximate surface area is 77.1 Å². The van der Waals surface area contributed by atoms with Gasteiger partial charge in [0.1, 0.15) is 0 Å². The quantitative estimate of drug-likeness (QED) is 0.413. The molecule has 12 heavy (non-hydrogen) atoms. The van der Waals surface area contributed by atoms with E-state index in [-0.39, 0.29) is 0 Å². The monoisotopic (exact) mass is 182 g/mol. The summed E-state index contributed by atoms with van der Waals surface area (Å²) in [6.07, 6.45) is 3.78. The standard InChI is InChI=1S/C9H14N2S/c1-2-4-8(11-10)7-9-5-3-6-12-9/h2-3,5-6,8,11H,1,4,7,10H2. The number of thiophene rings is 1. The molecule has 3 N–H and O–H groups in total. The lowest BCUT2D eigenvalue weighted by molar-refractivity contribution is 0.534. The van der Waals surface area contributed by atoms with E-state index in [1.54, 1.807) is 11.3 Å². The van der Waals surface area contributed by atoms with Crippen molar-refractivity contribution in [3.05, 3.63) is 35.0 Å². The number of hydrazine groups is 1. The van der Waals surface area contributed by atoms with Crippen LogP contribution in [-0.4, -0.2) is 6.04 Å². The van der Waals surface area contributed by atoms with Crippen molar-refractivity contribution in [1.29, 1.82) is 0 Å². The molecule has 1 unspecified atom stereocenters. The molecule has 2 nitrogen and oxygen atoms in total. The number of nitrogens with two attached hydrogens (primary N) is 1. The van der Waals surface area contributed by atoms with Gasteiger partial charge in [0.2, 0.25) is 0 Å². The average Bonchev–Trinajstić information content (AvgIpc) is 2.56. The minimum atomic E-state index is 0.321. The fourth-order valence-electron chi connectivity index (χ4n) is 1.08. The molecule has 0 saturated carbocycles. The minimum Gasteiger partial charge on any atom is -0.271 e. The Balaban J connectivity index is 2.42. The summed E-state index contributed by atoms with van der Waals surface area (Å²) in [6.45, 7) is 3.69. The van der Waals surface area contributed by atoms with Crippen LogP contribution in [-0.2, 0) is 6.42 Å².